The molecule has 0 atom stereocenters. The first-order valence-electron chi connectivity index (χ1n) is 12.4. The summed E-state index contributed by atoms with van der Waals surface area (Å²) < 4.78 is 5.96. The molecule has 188 valence electrons. The monoisotopic (exact) mass is 513 g/mol. The van der Waals surface area contributed by atoms with Gasteiger partial charge in [0.1, 0.15) is 21.2 Å². The Balaban J connectivity index is 1.32. The van der Waals surface area contributed by atoms with Gasteiger partial charge >= 0.3 is 6.03 Å². The van der Waals surface area contributed by atoms with Gasteiger partial charge < -0.3 is 21.1 Å². The number of aryl methyl sites for hydroxylation is 1. The maximum Gasteiger partial charge on any atom is 0.331 e. The lowest BCUT2D eigenvalue weighted by atomic mass is 9.92. The lowest BCUT2D eigenvalue weighted by Gasteiger charge is -2.30. The number of para-hydroxylation sites is 1. The molecule has 37 heavy (non-hydrogen) atoms. The lowest BCUT2D eigenvalue weighted by Crippen LogP contribution is -2.40. The van der Waals surface area contributed by atoms with Crippen molar-refractivity contribution >= 4 is 50.6 Å². The smallest absolute Gasteiger partial charge is 0.331 e. The van der Waals surface area contributed by atoms with Gasteiger partial charge in [0.05, 0.1) is 22.4 Å². The van der Waals surface area contributed by atoms with E-state index in [0.717, 1.165) is 48.1 Å². The third-order valence-electron chi connectivity index (χ3n) is 6.95. The van der Waals surface area contributed by atoms with Crippen LogP contribution in [0.25, 0.3) is 10.2 Å². The number of pyridine rings is 1. The minimum Gasteiger partial charge on any atom is -0.457 e. The van der Waals surface area contributed by atoms with Crippen LogP contribution in [0, 0.1) is 6.92 Å². The van der Waals surface area contributed by atoms with E-state index in [1.807, 2.05) is 61.5 Å². The second-order valence-electron chi connectivity index (χ2n) is 9.53. The topological polar surface area (TPSA) is 110 Å². The molecule has 6 rings (SSSR count). The van der Waals surface area contributed by atoms with Crippen molar-refractivity contribution in [3.05, 3.63) is 71.2 Å². The van der Waals surface area contributed by atoms with Crippen LogP contribution in [0.5, 0.6) is 11.5 Å². The molecular weight excluding hydrogens is 486 g/mol. The summed E-state index contributed by atoms with van der Waals surface area (Å²) in [5, 5.41) is 6.88. The maximum absolute atomic E-state index is 13.4. The Kier molecular flexibility index (Phi) is 6.02. The fourth-order valence-corrected chi connectivity index (χ4v) is 6.09. The van der Waals surface area contributed by atoms with Gasteiger partial charge in [-0.15, -0.1) is 11.3 Å². The van der Waals surface area contributed by atoms with Crippen molar-refractivity contribution in [3.63, 3.8) is 0 Å². The predicted octanol–water partition coefficient (Wildman–Crippen LogP) is 6.08. The molecule has 0 radical (unpaired) electrons. The zero-order chi connectivity index (χ0) is 25.5. The Labute approximate surface area is 218 Å². The molecule has 1 aliphatic heterocycles. The number of urea groups is 1. The first-order chi connectivity index (χ1) is 18.0. The minimum atomic E-state index is -0.323. The summed E-state index contributed by atoms with van der Waals surface area (Å²) in [6.07, 6.45) is 5.20. The highest BCUT2D eigenvalue weighted by atomic mass is 32.1. The average Bonchev–Trinajstić information content (AvgIpc) is 3.27. The normalized spacial score (nSPS) is 19.0. The Hall–Kier alpha value is -3.95. The number of aromatic nitrogens is 1. The van der Waals surface area contributed by atoms with E-state index in [9.17, 15) is 9.59 Å². The molecular formula is C28H27N5O3S. The van der Waals surface area contributed by atoms with Crippen molar-refractivity contribution in [2.24, 2.45) is 5.73 Å². The lowest BCUT2D eigenvalue weighted by molar-refractivity contribution is 0.0931. The summed E-state index contributed by atoms with van der Waals surface area (Å²) in [5.74, 6) is 1.24. The Morgan fingerprint density at radius 1 is 1.08 bits per heavy atom. The fraction of sp³-hybridized carbons (Fsp3) is 0.250. The van der Waals surface area contributed by atoms with Crippen LogP contribution < -0.4 is 26.0 Å². The van der Waals surface area contributed by atoms with Crippen molar-refractivity contribution in [1.29, 1.82) is 0 Å². The van der Waals surface area contributed by atoms with Crippen LogP contribution in [-0.4, -0.2) is 29.0 Å². The molecule has 3 heterocycles. The Morgan fingerprint density at radius 3 is 2.62 bits per heavy atom. The molecule has 1 saturated carbocycles. The molecule has 8 nitrogen and oxygen atoms in total. The van der Waals surface area contributed by atoms with Crippen LogP contribution in [-0.2, 0) is 0 Å². The fourth-order valence-electron chi connectivity index (χ4n) is 5.06. The summed E-state index contributed by atoms with van der Waals surface area (Å²) in [6.45, 7) is 1.94. The van der Waals surface area contributed by atoms with Gasteiger partial charge in [0.2, 0.25) is 0 Å². The van der Waals surface area contributed by atoms with Crippen molar-refractivity contribution in [3.8, 4) is 11.5 Å². The van der Waals surface area contributed by atoms with Crippen molar-refractivity contribution < 1.29 is 14.3 Å². The number of nitrogens with one attached hydrogen (secondary N) is 2. The number of carbonyl (C=O) groups is 2. The second kappa shape index (κ2) is 9.49. The maximum atomic E-state index is 13.4. The number of nitrogens with zero attached hydrogens (tertiary/aromatic N) is 2. The summed E-state index contributed by atoms with van der Waals surface area (Å²) in [7, 11) is 0. The third-order valence-corrected chi connectivity index (χ3v) is 8.04. The summed E-state index contributed by atoms with van der Waals surface area (Å²) in [4.78, 5) is 34.0. The van der Waals surface area contributed by atoms with Crippen molar-refractivity contribution in [1.82, 2.24) is 10.3 Å². The molecule has 1 aliphatic carbocycles. The number of rotatable bonds is 5. The zero-order valence-corrected chi connectivity index (χ0v) is 21.2. The van der Waals surface area contributed by atoms with Crippen LogP contribution in [0.15, 0.2) is 60.8 Å². The SMILES string of the molecule is Cc1cc(Oc2ccccc2)ccc1N1C(=O)Nc2c(C(=O)NC3CCC(N)CC3)sc3nccc1c23. The number of hydrogen-bond donors (Lipinski definition) is 3. The molecule has 0 spiro atoms. The van der Waals surface area contributed by atoms with Gasteiger partial charge in [0.25, 0.3) is 5.91 Å². The van der Waals surface area contributed by atoms with E-state index in [4.69, 9.17) is 10.5 Å². The number of hydrogen-bond acceptors (Lipinski definition) is 6. The van der Waals surface area contributed by atoms with Crippen LogP contribution in [0.3, 0.4) is 0 Å². The summed E-state index contributed by atoms with van der Waals surface area (Å²) in [6, 6.07) is 17.0. The highest BCUT2D eigenvalue weighted by Crippen LogP contribution is 2.46. The number of thiophene rings is 1. The molecule has 2 aromatic carbocycles. The summed E-state index contributed by atoms with van der Waals surface area (Å²) in [5.41, 5.74) is 8.84. The first-order valence-corrected chi connectivity index (χ1v) is 13.2. The van der Waals surface area contributed by atoms with E-state index in [2.05, 4.69) is 15.6 Å². The number of anilines is 3. The van der Waals surface area contributed by atoms with Gasteiger partial charge in [-0.1, -0.05) is 18.2 Å². The largest absolute Gasteiger partial charge is 0.457 e. The molecule has 2 aliphatic rings. The van der Waals surface area contributed by atoms with Crippen LogP contribution in [0.2, 0.25) is 0 Å². The third kappa shape index (κ3) is 4.41. The van der Waals surface area contributed by atoms with Crippen molar-refractivity contribution in [2.75, 3.05) is 10.2 Å². The average molecular weight is 514 g/mol. The minimum absolute atomic E-state index is 0.0900. The van der Waals surface area contributed by atoms with Crippen LogP contribution >= 0.6 is 11.3 Å². The van der Waals surface area contributed by atoms with Gasteiger partial charge in [-0.3, -0.25) is 9.69 Å². The molecule has 1 fully saturated rings. The van der Waals surface area contributed by atoms with Gasteiger partial charge in [-0.25, -0.2) is 9.78 Å². The Bertz CT molecular complexity index is 1490. The van der Waals surface area contributed by atoms with E-state index in [0.29, 0.717) is 26.8 Å². The van der Waals surface area contributed by atoms with Gasteiger partial charge in [-0.05, 0) is 74.6 Å². The molecule has 0 bridgehead atoms. The number of carbonyl (C=O) groups excluding carboxylic acids is 2. The van der Waals surface area contributed by atoms with Crippen molar-refractivity contribution in [2.45, 2.75) is 44.7 Å². The van der Waals surface area contributed by atoms with E-state index >= 15 is 0 Å². The van der Waals surface area contributed by atoms with Crippen LogP contribution in [0.4, 0.5) is 21.9 Å². The summed E-state index contributed by atoms with van der Waals surface area (Å²) >= 11 is 1.30. The van der Waals surface area contributed by atoms with Gasteiger partial charge in [0.15, 0.2) is 0 Å². The quantitative estimate of drug-likeness (QED) is 0.300. The molecule has 9 heteroatoms. The molecule has 0 unspecified atom stereocenters. The molecule has 4 N–H and O–H groups in total. The second-order valence-corrected chi connectivity index (χ2v) is 10.5. The van der Waals surface area contributed by atoms with Crippen LogP contribution in [0.1, 0.15) is 40.9 Å². The van der Waals surface area contributed by atoms with Gasteiger partial charge in [-0.2, -0.15) is 0 Å². The highest BCUT2D eigenvalue weighted by molar-refractivity contribution is 7.21. The molecule has 4 aromatic rings. The Morgan fingerprint density at radius 2 is 1.86 bits per heavy atom. The number of nitrogens with two attached hydrogens (primary N) is 1. The van der Waals surface area contributed by atoms with E-state index < -0.39 is 0 Å². The van der Waals surface area contributed by atoms with E-state index in [1.165, 1.54) is 11.3 Å². The number of benzene rings is 2. The van der Waals surface area contributed by atoms with E-state index in [1.54, 1.807) is 11.1 Å². The number of ether oxygens (including phenoxy) is 1. The zero-order valence-electron chi connectivity index (χ0n) is 20.4. The number of amides is 3. The standard InChI is InChI=1S/C28H27N5O3S/c1-16-15-20(36-19-5-3-2-4-6-19)11-12-21(16)33-22-13-14-30-27-23(22)24(32-28(33)35)25(37-27)26(34)31-18-9-7-17(29)8-10-18/h2-6,11-15,17-18H,7-10,29H2,1H3,(H,31,34)(H,32,35). The molecule has 0 saturated heterocycles. The highest BCUT2D eigenvalue weighted by Gasteiger charge is 2.34. The first kappa shape index (κ1) is 23.4. The van der Waals surface area contributed by atoms with Gasteiger partial charge in [0, 0.05) is 18.3 Å². The molecule has 2 aromatic heterocycles. The predicted molar refractivity (Wildman–Crippen MR) is 146 cm³/mol. The van der Waals surface area contributed by atoms with E-state index in [-0.39, 0.29) is 24.0 Å². The molecule has 3 amide bonds.